The molecule has 0 spiro atoms. The summed E-state index contributed by atoms with van der Waals surface area (Å²) in [5.74, 6) is -0.256. The SMILES string of the molecule is C[C@@H]1CN(C(=O)[C@H]2CCCN2C(=O)OCC(F)(F)F)C[C@H](C)O1. The Morgan fingerprint density at radius 1 is 1.22 bits per heavy atom. The van der Waals surface area contributed by atoms with Gasteiger partial charge in [0.05, 0.1) is 12.2 Å². The Morgan fingerprint density at radius 2 is 1.83 bits per heavy atom. The third-order valence-electron chi connectivity index (χ3n) is 3.86. The van der Waals surface area contributed by atoms with Gasteiger partial charge in [-0.05, 0) is 26.7 Å². The van der Waals surface area contributed by atoms with E-state index in [0.717, 1.165) is 4.90 Å². The van der Waals surface area contributed by atoms with Crippen molar-refractivity contribution in [1.29, 1.82) is 0 Å². The molecule has 2 aliphatic heterocycles. The molecular weight excluding hydrogens is 317 g/mol. The molecular formula is C14H21F3N2O4. The molecule has 0 radical (unpaired) electrons. The van der Waals surface area contributed by atoms with Crippen LogP contribution in [0, 0.1) is 0 Å². The fourth-order valence-electron chi connectivity index (χ4n) is 3.04. The zero-order chi connectivity index (χ0) is 17.2. The standard InChI is InChI=1S/C14H21F3N2O4/c1-9-6-18(7-10(2)23-9)12(20)11-4-3-5-19(11)13(21)22-8-14(15,16)17/h9-11H,3-8H2,1-2H3/t9-,10+,11-/m1/s1. The molecule has 2 fully saturated rings. The van der Waals surface area contributed by atoms with Crippen LogP contribution in [0.3, 0.4) is 0 Å². The molecule has 0 aromatic carbocycles. The lowest BCUT2D eigenvalue weighted by atomic mass is 10.1. The van der Waals surface area contributed by atoms with Crippen LogP contribution in [0.15, 0.2) is 0 Å². The quantitative estimate of drug-likeness (QED) is 0.770. The maximum absolute atomic E-state index is 12.6. The molecule has 2 amide bonds. The van der Waals surface area contributed by atoms with Crippen LogP contribution in [0.4, 0.5) is 18.0 Å². The first-order chi connectivity index (χ1) is 10.7. The number of carbonyl (C=O) groups excluding carboxylic acids is 2. The third kappa shape index (κ3) is 4.73. The average Bonchev–Trinajstić information content (AvgIpc) is 2.91. The lowest BCUT2D eigenvalue weighted by Gasteiger charge is -2.37. The largest absolute Gasteiger partial charge is 0.440 e. The monoisotopic (exact) mass is 338 g/mol. The van der Waals surface area contributed by atoms with Crippen LogP contribution < -0.4 is 0 Å². The zero-order valence-corrected chi connectivity index (χ0v) is 13.1. The molecule has 0 aromatic rings. The molecule has 6 nitrogen and oxygen atoms in total. The van der Waals surface area contributed by atoms with Gasteiger partial charge < -0.3 is 14.4 Å². The molecule has 0 aromatic heterocycles. The van der Waals surface area contributed by atoms with Gasteiger partial charge in [-0.3, -0.25) is 9.69 Å². The lowest BCUT2D eigenvalue weighted by Crippen LogP contribution is -2.54. The van der Waals surface area contributed by atoms with Crippen LogP contribution in [0.2, 0.25) is 0 Å². The predicted molar refractivity (Wildman–Crippen MR) is 73.7 cm³/mol. The minimum Gasteiger partial charge on any atom is -0.440 e. The molecule has 2 heterocycles. The summed E-state index contributed by atoms with van der Waals surface area (Å²) in [4.78, 5) is 27.1. The van der Waals surface area contributed by atoms with E-state index in [0.29, 0.717) is 25.9 Å². The van der Waals surface area contributed by atoms with Crippen molar-refractivity contribution in [2.75, 3.05) is 26.2 Å². The fourth-order valence-corrected chi connectivity index (χ4v) is 3.04. The maximum atomic E-state index is 12.6. The Hall–Kier alpha value is -1.51. The summed E-state index contributed by atoms with van der Waals surface area (Å²) in [6.07, 6.45) is -4.91. The van der Waals surface area contributed by atoms with Crippen LogP contribution in [0.1, 0.15) is 26.7 Å². The van der Waals surface area contributed by atoms with Crippen molar-refractivity contribution in [2.24, 2.45) is 0 Å². The molecule has 0 N–H and O–H groups in total. The van der Waals surface area contributed by atoms with Crippen LogP contribution in [0.25, 0.3) is 0 Å². The first-order valence-corrected chi connectivity index (χ1v) is 7.62. The number of nitrogens with zero attached hydrogens (tertiary/aromatic N) is 2. The molecule has 2 aliphatic rings. The Kier molecular flexibility index (Phi) is 5.38. The van der Waals surface area contributed by atoms with Gasteiger partial charge >= 0.3 is 12.3 Å². The first-order valence-electron chi connectivity index (χ1n) is 7.62. The van der Waals surface area contributed by atoms with Gasteiger partial charge in [0.2, 0.25) is 5.91 Å². The molecule has 2 saturated heterocycles. The highest BCUT2D eigenvalue weighted by atomic mass is 19.4. The highest BCUT2D eigenvalue weighted by molar-refractivity contribution is 5.86. The number of amides is 2. The van der Waals surface area contributed by atoms with E-state index in [1.165, 1.54) is 0 Å². The number of alkyl halides is 3. The second-order valence-corrected chi connectivity index (χ2v) is 6.02. The van der Waals surface area contributed by atoms with Crippen molar-refractivity contribution < 1.29 is 32.2 Å². The number of likely N-dealkylation sites (tertiary alicyclic amines) is 1. The number of halogens is 3. The van der Waals surface area contributed by atoms with Gasteiger partial charge in [0.25, 0.3) is 0 Å². The molecule has 0 unspecified atom stereocenters. The van der Waals surface area contributed by atoms with E-state index in [4.69, 9.17) is 4.74 Å². The Bertz CT molecular complexity index is 448. The van der Waals surface area contributed by atoms with Gasteiger partial charge in [0.1, 0.15) is 6.04 Å². The van der Waals surface area contributed by atoms with Gasteiger partial charge in [-0.1, -0.05) is 0 Å². The zero-order valence-electron chi connectivity index (χ0n) is 13.1. The van der Waals surface area contributed by atoms with Crippen molar-refractivity contribution in [2.45, 2.75) is 51.1 Å². The highest BCUT2D eigenvalue weighted by Gasteiger charge is 2.40. The Labute approximate surface area is 132 Å². The van der Waals surface area contributed by atoms with Gasteiger partial charge in [-0.25, -0.2) is 4.79 Å². The molecule has 132 valence electrons. The number of carbonyl (C=O) groups is 2. The van der Waals surface area contributed by atoms with Crippen molar-refractivity contribution >= 4 is 12.0 Å². The first kappa shape index (κ1) is 17.8. The second-order valence-electron chi connectivity index (χ2n) is 6.02. The van der Waals surface area contributed by atoms with Gasteiger partial charge in [-0.2, -0.15) is 13.2 Å². The van der Waals surface area contributed by atoms with E-state index in [9.17, 15) is 22.8 Å². The van der Waals surface area contributed by atoms with E-state index in [-0.39, 0.29) is 24.7 Å². The smallest absolute Gasteiger partial charge is 0.422 e. The Balaban J connectivity index is 1.97. The van der Waals surface area contributed by atoms with Gasteiger partial charge in [0, 0.05) is 19.6 Å². The fraction of sp³-hybridized carbons (Fsp3) is 0.857. The number of rotatable bonds is 2. The van der Waals surface area contributed by atoms with Crippen molar-refractivity contribution in [3.05, 3.63) is 0 Å². The summed E-state index contributed by atoms with van der Waals surface area (Å²) >= 11 is 0. The summed E-state index contributed by atoms with van der Waals surface area (Å²) in [5, 5.41) is 0. The summed E-state index contributed by atoms with van der Waals surface area (Å²) in [5.41, 5.74) is 0. The topological polar surface area (TPSA) is 59.1 Å². The van der Waals surface area contributed by atoms with Gasteiger partial charge in [-0.15, -0.1) is 0 Å². The van der Waals surface area contributed by atoms with Crippen LogP contribution in [-0.2, 0) is 14.3 Å². The van der Waals surface area contributed by atoms with Crippen LogP contribution >= 0.6 is 0 Å². The highest BCUT2D eigenvalue weighted by Crippen LogP contribution is 2.23. The molecule has 0 bridgehead atoms. The van der Waals surface area contributed by atoms with Crippen molar-refractivity contribution in [3.8, 4) is 0 Å². The third-order valence-corrected chi connectivity index (χ3v) is 3.86. The molecule has 0 aliphatic carbocycles. The average molecular weight is 338 g/mol. The maximum Gasteiger partial charge on any atom is 0.422 e. The van der Waals surface area contributed by atoms with Crippen molar-refractivity contribution in [3.63, 3.8) is 0 Å². The number of hydrogen-bond donors (Lipinski definition) is 0. The van der Waals surface area contributed by atoms with E-state index < -0.39 is 24.9 Å². The summed E-state index contributed by atoms with van der Waals surface area (Å²) in [7, 11) is 0. The predicted octanol–water partition coefficient (Wildman–Crippen LogP) is 1.79. The lowest BCUT2D eigenvalue weighted by molar-refractivity contribution is -0.163. The van der Waals surface area contributed by atoms with Crippen LogP contribution in [-0.4, -0.2) is 72.5 Å². The Morgan fingerprint density at radius 3 is 2.39 bits per heavy atom. The van der Waals surface area contributed by atoms with E-state index >= 15 is 0 Å². The normalized spacial score (nSPS) is 28.8. The number of hydrogen-bond acceptors (Lipinski definition) is 4. The van der Waals surface area contributed by atoms with E-state index in [1.807, 2.05) is 13.8 Å². The molecule has 9 heteroatoms. The molecule has 2 rings (SSSR count). The summed E-state index contributed by atoms with van der Waals surface area (Å²) in [6.45, 7) is 3.09. The minimum atomic E-state index is -4.58. The van der Waals surface area contributed by atoms with Gasteiger partial charge in [0.15, 0.2) is 6.61 Å². The van der Waals surface area contributed by atoms with E-state index in [2.05, 4.69) is 4.74 Å². The minimum absolute atomic E-state index is 0.116. The molecule has 23 heavy (non-hydrogen) atoms. The van der Waals surface area contributed by atoms with E-state index in [1.54, 1.807) is 4.90 Å². The summed E-state index contributed by atoms with van der Waals surface area (Å²) in [6, 6.07) is -0.756. The van der Waals surface area contributed by atoms with Crippen molar-refractivity contribution in [1.82, 2.24) is 9.80 Å². The molecule has 3 atom stereocenters. The molecule has 0 saturated carbocycles. The number of morpholine rings is 1. The summed E-state index contributed by atoms with van der Waals surface area (Å²) < 4.78 is 46.3. The second kappa shape index (κ2) is 6.94. The van der Waals surface area contributed by atoms with Crippen LogP contribution in [0.5, 0.6) is 0 Å². The number of ether oxygens (including phenoxy) is 2.